The first kappa shape index (κ1) is 25.1. The van der Waals surface area contributed by atoms with Crippen LogP contribution in [-0.2, 0) is 11.0 Å². The first-order chi connectivity index (χ1) is 15.8. The summed E-state index contributed by atoms with van der Waals surface area (Å²) in [6.45, 7) is 1.66. The highest BCUT2D eigenvalue weighted by molar-refractivity contribution is 5.88. The van der Waals surface area contributed by atoms with Crippen LogP contribution in [0.1, 0.15) is 29.9 Å². The molecule has 0 saturated carbocycles. The molecule has 1 fully saturated rings. The standard InChI is InChI=1S/C20H17F7N4O3/c1-10-17(32)28-8-9-31(10)18(33)30-15(11-2-4-12(5-3-11)34-20(25,26)27)14-7-6-13(21)16(29-14)19(22,23)24/h2-7,10,15H,8-9H2,1H3,(H,28,32)(H,30,33)/t10-,15-/m1/s1. The van der Waals surface area contributed by atoms with Gasteiger partial charge in [-0.15, -0.1) is 13.2 Å². The summed E-state index contributed by atoms with van der Waals surface area (Å²) in [4.78, 5) is 29.1. The van der Waals surface area contributed by atoms with Gasteiger partial charge in [0.15, 0.2) is 11.5 Å². The number of carbonyl (C=O) groups is 2. The van der Waals surface area contributed by atoms with Gasteiger partial charge < -0.3 is 20.3 Å². The smallest absolute Gasteiger partial charge is 0.406 e. The molecule has 14 heteroatoms. The molecule has 1 aromatic carbocycles. The molecule has 3 amide bonds. The van der Waals surface area contributed by atoms with Crippen molar-refractivity contribution in [1.82, 2.24) is 20.5 Å². The molecule has 7 nitrogen and oxygen atoms in total. The van der Waals surface area contributed by atoms with Gasteiger partial charge in [-0.25, -0.2) is 14.2 Å². The van der Waals surface area contributed by atoms with Crippen molar-refractivity contribution in [1.29, 1.82) is 0 Å². The number of amides is 3. The highest BCUT2D eigenvalue weighted by Crippen LogP contribution is 2.32. The van der Waals surface area contributed by atoms with Crippen molar-refractivity contribution in [2.24, 2.45) is 0 Å². The van der Waals surface area contributed by atoms with Crippen LogP contribution in [0.15, 0.2) is 36.4 Å². The topological polar surface area (TPSA) is 83.6 Å². The quantitative estimate of drug-likeness (QED) is 0.635. The highest BCUT2D eigenvalue weighted by atomic mass is 19.4. The molecule has 0 aliphatic carbocycles. The predicted molar refractivity (Wildman–Crippen MR) is 102 cm³/mol. The van der Waals surface area contributed by atoms with Crippen molar-refractivity contribution >= 4 is 11.9 Å². The minimum Gasteiger partial charge on any atom is -0.406 e. The second-order valence-corrected chi connectivity index (χ2v) is 7.22. The lowest BCUT2D eigenvalue weighted by atomic mass is 10.0. The molecule has 0 unspecified atom stereocenters. The molecular weight excluding hydrogens is 477 g/mol. The van der Waals surface area contributed by atoms with E-state index in [1.54, 1.807) is 0 Å². The number of ether oxygens (including phenoxy) is 1. The van der Waals surface area contributed by atoms with E-state index in [9.17, 15) is 40.3 Å². The SMILES string of the molecule is C[C@@H]1C(=O)NCCN1C(=O)N[C@H](c1ccc(OC(F)(F)F)cc1)c1ccc(F)c(C(F)(F)F)n1. The van der Waals surface area contributed by atoms with Crippen molar-refractivity contribution in [2.75, 3.05) is 13.1 Å². The summed E-state index contributed by atoms with van der Waals surface area (Å²) in [7, 11) is 0. The van der Waals surface area contributed by atoms with Crippen LogP contribution in [0.4, 0.5) is 35.5 Å². The van der Waals surface area contributed by atoms with E-state index in [0.717, 1.165) is 35.2 Å². The Morgan fingerprint density at radius 2 is 1.79 bits per heavy atom. The molecule has 34 heavy (non-hydrogen) atoms. The molecule has 0 bridgehead atoms. The molecule has 2 heterocycles. The van der Waals surface area contributed by atoms with E-state index in [0.29, 0.717) is 6.07 Å². The van der Waals surface area contributed by atoms with E-state index in [4.69, 9.17) is 0 Å². The fraction of sp³-hybridized carbons (Fsp3) is 0.350. The third-order valence-electron chi connectivity index (χ3n) is 4.91. The number of rotatable bonds is 4. The van der Waals surface area contributed by atoms with Gasteiger partial charge in [-0.1, -0.05) is 12.1 Å². The molecule has 1 aromatic heterocycles. The molecule has 1 aliphatic heterocycles. The predicted octanol–water partition coefficient (Wildman–Crippen LogP) is 3.76. The van der Waals surface area contributed by atoms with Crippen molar-refractivity contribution in [2.45, 2.75) is 31.5 Å². The molecule has 2 aromatic rings. The molecule has 184 valence electrons. The third kappa shape index (κ3) is 5.85. The van der Waals surface area contributed by atoms with Gasteiger partial charge >= 0.3 is 18.6 Å². The van der Waals surface area contributed by atoms with Crippen molar-refractivity contribution in [3.05, 3.63) is 59.2 Å². The molecule has 0 radical (unpaired) electrons. The zero-order chi connectivity index (χ0) is 25.3. The molecular formula is C20H17F7N4O3. The van der Waals surface area contributed by atoms with E-state index >= 15 is 0 Å². The van der Waals surface area contributed by atoms with E-state index < -0.39 is 59.5 Å². The van der Waals surface area contributed by atoms with Crippen LogP contribution in [0.2, 0.25) is 0 Å². The number of halogens is 7. The van der Waals surface area contributed by atoms with Gasteiger partial charge in [0.1, 0.15) is 11.8 Å². The van der Waals surface area contributed by atoms with Crippen LogP contribution < -0.4 is 15.4 Å². The fourth-order valence-electron chi connectivity index (χ4n) is 3.27. The molecule has 2 atom stereocenters. The Kier molecular flexibility index (Phi) is 6.89. The number of nitrogens with one attached hydrogen (secondary N) is 2. The summed E-state index contributed by atoms with van der Waals surface area (Å²) < 4.78 is 94.4. The summed E-state index contributed by atoms with van der Waals surface area (Å²) in [5.74, 6) is -2.70. The molecule has 3 rings (SSSR count). The lowest BCUT2D eigenvalue weighted by molar-refractivity contribution is -0.274. The van der Waals surface area contributed by atoms with Crippen LogP contribution in [0.25, 0.3) is 0 Å². The van der Waals surface area contributed by atoms with Gasteiger partial charge in [0.2, 0.25) is 5.91 Å². The lowest BCUT2D eigenvalue weighted by Crippen LogP contribution is -2.58. The van der Waals surface area contributed by atoms with E-state index in [2.05, 4.69) is 20.4 Å². The maximum absolute atomic E-state index is 13.7. The summed E-state index contributed by atoms with van der Waals surface area (Å²) in [6, 6.07) is 2.20. The summed E-state index contributed by atoms with van der Waals surface area (Å²) >= 11 is 0. The minimum absolute atomic E-state index is 0.0317. The number of pyridine rings is 1. The van der Waals surface area contributed by atoms with Crippen molar-refractivity contribution < 1.29 is 45.1 Å². The number of piperazine rings is 1. The Morgan fingerprint density at radius 3 is 2.38 bits per heavy atom. The zero-order valence-electron chi connectivity index (χ0n) is 17.3. The van der Waals surface area contributed by atoms with Crippen molar-refractivity contribution in [3.63, 3.8) is 0 Å². The number of carbonyl (C=O) groups excluding carboxylic acids is 2. The van der Waals surface area contributed by atoms with E-state index in [1.165, 1.54) is 6.92 Å². The maximum atomic E-state index is 13.7. The normalized spacial score (nSPS) is 17.7. The monoisotopic (exact) mass is 494 g/mol. The number of nitrogens with zero attached hydrogens (tertiary/aromatic N) is 2. The van der Waals surface area contributed by atoms with Gasteiger partial charge in [-0.3, -0.25) is 4.79 Å². The van der Waals surface area contributed by atoms with E-state index in [-0.39, 0.29) is 18.7 Å². The average molecular weight is 494 g/mol. The zero-order valence-corrected chi connectivity index (χ0v) is 17.3. The number of urea groups is 1. The number of benzene rings is 1. The summed E-state index contributed by atoms with van der Waals surface area (Å²) in [5.41, 5.74) is -2.23. The van der Waals surface area contributed by atoms with Crippen LogP contribution in [0, 0.1) is 5.82 Å². The largest absolute Gasteiger partial charge is 0.573 e. The Bertz CT molecular complexity index is 1060. The Balaban J connectivity index is 1.99. The van der Waals surface area contributed by atoms with Crippen molar-refractivity contribution in [3.8, 4) is 5.75 Å². The number of alkyl halides is 6. The van der Waals surface area contributed by atoms with Crippen LogP contribution in [0.5, 0.6) is 5.75 Å². The van der Waals surface area contributed by atoms with Crippen LogP contribution in [0.3, 0.4) is 0 Å². The van der Waals surface area contributed by atoms with Gasteiger partial charge in [0.25, 0.3) is 0 Å². The molecule has 1 saturated heterocycles. The van der Waals surface area contributed by atoms with Gasteiger partial charge in [-0.05, 0) is 36.8 Å². The van der Waals surface area contributed by atoms with Gasteiger partial charge in [-0.2, -0.15) is 13.2 Å². The average Bonchev–Trinajstić information content (AvgIpc) is 2.73. The number of hydrogen-bond acceptors (Lipinski definition) is 4. The van der Waals surface area contributed by atoms with Crippen LogP contribution in [-0.4, -0.2) is 47.3 Å². The first-order valence-electron chi connectivity index (χ1n) is 9.70. The summed E-state index contributed by atoms with van der Waals surface area (Å²) in [6.07, 6.45) is -10.1. The van der Waals surface area contributed by atoms with E-state index in [1.807, 2.05) is 0 Å². The Labute approximate surface area is 187 Å². The molecule has 0 spiro atoms. The third-order valence-corrected chi connectivity index (χ3v) is 4.91. The number of hydrogen-bond donors (Lipinski definition) is 2. The van der Waals surface area contributed by atoms with Gasteiger partial charge in [0, 0.05) is 13.1 Å². The lowest BCUT2D eigenvalue weighted by Gasteiger charge is -2.34. The Morgan fingerprint density at radius 1 is 1.15 bits per heavy atom. The van der Waals surface area contributed by atoms with Crippen LogP contribution >= 0.6 is 0 Å². The second kappa shape index (κ2) is 9.35. The molecule has 1 aliphatic rings. The fourth-order valence-corrected chi connectivity index (χ4v) is 3.27. The Hall–Kier alpha value is -3.58. The number of aromatic nitrogens is 1. The first-order valence-corrected chi connectivity index (χ1v) is 9.70. The second-order valence-electron chi connectivity index (χ2n) is 7.22. The maximum Gasteiger partial charge on any atom is 0.573 e. The van der Waals surface area contributed by atoms with Gasteiger partial charge in [0.05, 0.1) is 11.7 Å². The molecule has 2 N–H and O–H groups in total. The highest BCUT2D eigenvalue weighted by Gasteiger charge is 2.38. The summed E-state index contributed by atoms with van der Waals surface area (Å²) in [5, 5.41) is 4.97. The minimum atomic E-state index is -5.14.